The number of hydrogen-bond donors (Lipinski definition) is 1. The third-order valence-corrected chi connectivity index (χ3v) is 4.17. The first-order valence-electron chi connectivity index (χ1n) is 8.61. The van der Waals surface area contributed by atoms with Crippen molar-refractivity contribution >= 4 is 29.2 Å². The van der Waals surface area contributed by atoms with Gasteiger partial charge >= 0.3 is 11.9 Å². The SMILES string of the molecule is COC(=O)C1=C(C(=O)OC)N(c2cccc(NC(=O)c3cccnc3)c2)COC1. The van der Waals surface area contributed by atoms with Crippen molar-refractivity contribution in [3.63, 3.8) is 0 Å². The summed E-state index contributed by atoms with van der Waals surface area (Å²) in [6.45, 7) is -0.0596. The second-order valence-electron chi connectivity index (χ2n) is 5.96. The number of anilines is 2. The van der Waals surface area contributed by atoms with E-state index in [9.17, 15) is 14.4 Å². The summed E-state index contributed by atoms with van der Waals surface area (Å²) in [5, 5.41) is 2.77. The molecule has 1 N–H and O–H groups in total. The minimum absolute atomic E-state index is 0.0188. The van der Waals surface area contributed by atoms with Crippen molar-refractivity contribution in [2.45, 2.75) is 0 Å². The Bertz CT molecular complexity index is 958. The van der Waals surface area contributed by atoms with Crippen LogP contribution >= 0.6 is 0 Å². The second kappa shape index (κ2) is 8.98. The van der Waals surface area contributed by atoms with E-state index in [0.29, 0.717) is 16.9 Å². The Morgan fingerprint density at radius 3 is 2.59 bits per heavy atom. The molecule has 1 aromatic heterocycles. The van der Waals surface area contributed by atoms with Crippen LogP contribution in [-0.4, -0.2) is 50.4 Å². The van der Waals surface area contributed by atoms with E-state index in [1.807, 2.05) is 0 Å². The Labute approximate surface area is 166 Å². The number of esters is 2. The van der Waals surface area contributed by atoms with Gasteiger partial charge in [-0.25, -0.2) is 9.59 Å². The zero-order chi connectivity index (χ0) is 20.8. The maximum absolute atomic E-state index is 12.4. The summed E-state index contributed by atoms with van der Waals surface area (Å²) in [5.41, 5.74) is 1.50. The van der Waals surface area contributed by atoms with Crippen LogP contribution in [0.5, 0.6) is 0 Å². The molecule has 0 fully saturated rings. The highest BCUT2D eigenvalue weighted by Gasteiger charge is 2.32. The smallest absolute Gasteiger partial charge is 0.355 e. The molecule has 1 aliphatic rings. The van der Waals surface area contributed by atoms with E-state index in [1.54, 1.807) is 42.6 Å². The summed E-state index contributed by atoms with van der Waals surface area (Å²) < 4.78 is 15.0. The largest absolute Gasteiger partial charge is 0.466 e. The van der Waals surface area contributed by atoms with E-state index in [1.165, 1.54) is 25.3 Å². The molecular weight excluding hydrogens is 378 g/mol. The van der Waals surface area contributed by atoms with Gasteiger partial charge in [-0.15, -0.1) is 0 Å². The van der Waals surface area contributed by atoms with Crippen LogP contribution in [0.15, 0.2) is 60.1 Å². The number of carbonyl (C=O) groups is 3. The van der Waals surface area contributed by atoms with Gasteiger partial charge in [0.05, 0.1) is 32.0 Å². The molecule has 0 saturated heterocycles. The van der Waals surface area contributed by atoms with Crippen LogP contribution in [0.4, 0.5) is 11.4 Å². The van der Waals surface area contributed by atoms with E-state index >= 15 is 0 Å². The van der Waals surface area contributed by atoms with Gasteiger partial charge in [0.2, 0.25) is 0 Å². The monoisotopic (exact) mass is 397 g/mol. The highest BCUT2D eigenvalue weighted by molar-refractivity contribution is 6.05. The van der Waals surface area contributed by atoms with Gasteiger partial charge in [-0.05, 0) is 30.3 Å². The van der Waals surface area contributed by atoms with Crippen LogP contribution in [-0.2, 0) is 23.8 Å². The maximum Gasteiger partial charge on any atom is 0.355 e. The fourth-order valence-corrected chi connectivity index (χ4v) is 2.80. The van der Waals surface area contributed by atoms with E-state index in [0.717, 1.165) is 0 Å². The molecule has 29 heavy (non-hydrogen) atoms. The number of carbonyl (C=O) groups excluding carboxylic acids is 3. The Morgan fingerprint density at radius 2 is 1.90 bits per heavy atom. The summed E-state index contributed by atoms with van der Waals surface area (Å²) in [6.07, 6.45) is 3.03. The molecule has 0 saturated carbocycles. The summed E-state index contributed by atoms with van der Waals surface area (Å²) >= 11 is 0. The lowest BCUT2D eigenvalue weighted by molar-refractivity contribution is -0.140. The summed E-state index contributed by atoms with van der Waals surface area (Å²) in [5.74, 6) is -1.71. The molecule has 1 aliphatic heterocycles. The third kappa shape index (κ3) is 4.41. The van der Waals surface area contributed by atoms with Gasteiger partial charge in [0.15, 0.2) is 0 Å². The number of benzene rings is 1. The number of pyridine rings is 1. The van der Waals surface area contributed by atoms with Crippen LogP contribution in [0.2, 0.25) is 0 Å². The van der Waals surface area contributed by atoms with E-state index < -0.39 is 11.9 Å². The van der Waals surface area contributed by atoms with E-state index in [2.05, 4.69) is 10.3 Å². The lowest BCUT2D eigenvalue weighted by Gasteiger charge is -2.31. The molecule has 3 rings (SSSR count). The lowest BCUT2D eigenvalue weighted by atomic mass is 10.1. The van der Waals surface area contributed by atoms with Gasteiger partial charge in [-0.3, -0.25) is 9.78 Å². The van der Waals surface area contributed by atoms with Gasteiger partial charge in [0, 0.05) is 23.8 Å². The van der Waals surface area contributed by atoms with Crippen molar-refractivity contribution in [3.8, 4) is 0 Å². The minimum atomic E-state index is -0.696. The average Bonchev–Trinajstić information content (AvgIpc) is 2.78. The standard InChI is InChI=1S/C20H19N3O6/c1-27-19(25)16-11-29-12-23(17(16)20(26)28-2)15-7-3-6-14(9-15)22-18(24)13-5-4-8-21-10-13/h3-10H,11-12H2,1-2H3,(H,22,24). The van der Waals surface area contributed by atoms with Crippen LogP contribution < -0.4 is 10.2 Å². The normalized spacial score (nSPS) is 13.7. The molecule has 2 aromatic rings. The molecule has 0 aliphatic carbocycles. The number of amides is 1. The first kappa shape index (κ1) is 20.0. The molecule has 1 amide bonds. The molecule has 0 radical (unpaired) electrons. The van der Waals surface area contributed by atoms with Gasteiger partial charge in [0.1, 0.15) is 12.4 Å². The third-order valence-electron chi connectivity index (χ3n) is 4.17. The van der Waals surface area contributed by atoms with E-state index in [-0.39, 0.29) is 30.5 Å². The summed E-state index contributed by atoms with van der Waals surface area (Å²) in [4.78, 5) is 42.2. The number of rotatable bonds is 5. The molecule has 150 valence electrons. The first-order valence-corrected chi connectivity index (χ1v) is 8.61. The average molecular weight is 397 g/mol. The van der Waals surface area contributed by atoms with Gasteiger partial charge in [-0.1, -0.05) is 6.07 Å². The number of ether oxygens (including phenoxy) is 3. The van der Waals surface area contributed by atoms with Crippen LogP contribution in [0.1, 0.15) is 10.4 Å². The lowest BCUT2D eigenvalue weighted by Crippen LogP contribution is -2.38. The molecule has 1 aromatic carbocycles. The van der Waals surface area contributed by atoms with Crippen molar-refractivity contribution in [2.75, 3.05) is 37.8 Å². The Kier molecular flexibility index (Phi) is 6.20. The quantitative estimate of drug-likeness (QED) is 0.760. The fourth-order valence-electron chi connectivity index (χ4n) is 2.80. The number of aromatic nitrogens is 1. The highest BCUT2D eigenvalue weighted by atomic mass is 16.5. The van der Waals surface area contributed by atoms with E-state index in [4.69, 9.17) is 14.2 Å². The molecule has 0 bridgehead atoms. The van der Waals surface area contributed by atoms with Crippen LogP contribution in [0, 0.1) is 0 Å². The van der Waals surface area contributed by atoms with Gasteiger partial charge < -0.3 is 24.4 Å². The van der Waals surface area contributed by atoms with Gasteiger partial charge in [-0.2, -0.15) is 0 Å². The Hall–Kier alpha value is -3.72. The van der Waals surface area contributed by atoms with Crippen molar-refractivity contribution in [2.24, 2.45) is 0 Å². The number of nitrogens with zero attached hydrogens (tertiary/aromatic N) is 2. The Balaban J connectivity index is 1.93. The molecule has 0 atom stereocenters. The predicted molar refractivity (Wildman–Crippen MR) is 103 cm³/mol. The Morgan fingerprint density at radius 1 is 1.10 bits per heavy atom. The predicted octanol–water partition coefficient (Wildman–Crippen LogP) is 1.73. The molecule has 0 spiro atoms. The maximum atomic E-state index is 12.4. The zero-order valence-corrected chi connectivity index (χ0v) is 15.9. The first-order chi connectivity index (χ1) is 14.0. The molecule has 0 unspecified atom stereocenters. The topological polar surface area (TPSA) is 107 Å². The van der Waals surface area contributed by atoms with Crippen molar-refractivity contribution in [1.29, 1.82) is 0 Å². The number of methoxy groups -OCH3 is 2. The number of hydrogen-bond acceptors (Lipinski definition) is 8. The van der Waals surface area contributed by atoms with Crippen LogP contribution in [0.25, 0.3) is 0 Å². The van der Waals surface area contributed by atoms with Gasteiger partial charge in [0.25, 0.3) is 5.91 Å². The van der Waals surface area contributed by atoms with Crippen molar-refractivity contribution in [3.05, 3.63) is 65.6 Å². The zero-order valence-electron chi connectivity index (χ0n) is 15.9. The molecule has 9 heteroatoms. The molecular formula is C20H19N3O6. The molecule has 2 heterocycles. The van der Waals surface area contributed by atoms with Crippen LogP contribution in [0.3, 0.4) is 0 Å². The van der Waals surface area contributed by atoms with Crippen molar-refractivity contribution in [1.82, 2.24) is 4.98 Å². The summed E-state index contributed by atoms with van der Waals surface area (Å²) in [7, 11) is 2.44. The summed E-state index contributed by atoms with van der Waals surface area (Å²) in [6, 6.07) is 10.1. The highest BCUT2D eigenvalue weighted by Crippen LogP contribution is 2.28. The molecule has 9 nitrogen and oxygen atoms in total. The van der Waals surface area contributed by atoms with Crippen molar-refractivity contribution < 1.29 is 28.6 Å². The number of nitrogens with one attached hydrogen (secondary N) is 1. The second-order valence-corrected chi connectivity index (χ2v) is 5.96. The fraction of sp³-hybridized carbons (Fsp3) is 0.200. The minimum Gasteiger partial charge on any atom is -0.466 e.